The van der Waals surface area contributed by atoms with Crippen molar-refractivity contribution in [2.24, 2.45) is 0 Å². The summed E-state index contributed by atoms with van der Waals surface area (Å²) in [5, 5.41) is 9.33. The van der Waals surface area contributed by atoms with Crippen molar-refractivity contribution >= 4 is 5.65 Å². The zero-order chi connectivity index (χ0) is 14.1. The second-order valence-electron chi connectivity index (χ2n) is 4.07. The Balaban J connectivity index is 2.03. The van der Waals surface area contributed by atoms with Gasteiger partial charge in [-0.2, -0.15) is 0 Å². The van der Waals surface area contributed by atoms with Crippen LogP contribution in [0.5, 0.6) is 11.6 Å². The second kappa shape index (κ2) is 4.65. The van der Waals surface area contributed by atoms with Crippen molar-refractivity contribution < 1.29 is 14.2 Å². The molecule has 0 saturated carbocycles. The van der Waals surface area contributed by atoms with Gasteiger partial charge in [-0.1, -0.05) is 6.58 Å². The molecule has 1 N–H and O–H groups in total. The summed E-state index contributed by atoms with van der Waals surface area (Å²) < 4.78 is 19.8. The molecule has 0 aliphatic carbocycles. The van der Waals surface area contributed by atoms with Crippen LogP contribution >= 0.6 is 0 Å². The van der Waals surface area contributed by atoms with Gasteiger partial charge >= 0.3 is 0 Å². The zero-order valence-corrected chi connectivity index (χ0v) is 10.3. The van der Waals surface area contributed by atoms with Gasteiger partial charge in [0.2, 0.25) is 5.88 Å². The minimum Gasteiger partial charge on any atom is -0.504 e. The molecule has 0 amide bonds. The number of aromatic hydroxyl groups is 1. The average Bonchev–Trinajstić information content (AvgIpc) is 2.83. The topological polar surface area (TPSA) is 59.7 Å². The molecule has 0 saturated heterocycles. The van der Waals surface area contributed by atoms with E-state index in [0.717, 1.165) is 5.56 Å². The largest absolute Gasteiger partial charge is 0.504 e. The summed E-state index contributed by atoms with van der Waals surface area (Å²) in [5.74, 6) is -0.701. The highest BCUT2D eigenvalue weighted by Crippen LogP contribution is 2.23. The summed E-state index contributed by atoms with van der Waals surface area (Å²) in [6.07, 6.45) is 5.83. The molecule has 20 heavy (non-hydrogen) atoms. The smallest absolute Gasteiger partial charge is 0.218 e. The van der Waals surface area contributed by atoms with Crippen molar-refractivity contribution in [3.8, 4) is 22.9 Å². The summed E-state index contributed by atoms with van der Waals surface area (Å²) in [6, 6.07) is 4.63. The van der Waals surface area contributed by atoms with Gasteiger partial charge in [0.1, 0.15) is 5.65 Å². The molecule has 0 aliphatic rings. The number of ether oxygens (including phenoxy) is 1. The normalized spacial score (nSPS) is 10.7. The molecule has 0 aromatic carbocycles. The van der Waals surface area contributed by atoms with Crippen LogP contribution in [0.15, 0.2) is 49.6 Å². The van der Waals surface area contributed by atoms with Crippen molar-refractivity contribution in [3.63, 3.8) is 0 Å². The lowest BCUT2D eigenvalue weighted by Crippen LogP contribution is -1.86. The molecule has 0 atom stereocenters. The van der Waals surface area contributed by atoms with Crippen LogP contribution in [0.2, 0.25) is 0 Å². The SMILES string of the molecule is C=COc1ccc(-c2cn3cc(O)c(F)cc3n2)cn1. The molecule has 3 aromatic heterocycles. The van der Waals surface area contributed by atoms with E-state index in [1.165, 1.54) is 18.5 Å². The average molecular weight is 271 g/mol. The first kappa shape index (κ1) is 12.2. The molecular formula is C14H10FN3O2. The Hall–Kier alpha value is -2.89. The lowest BCUT2D eigenvalue weighted by molar-refractivity contribution is 0.429. The Morgan fingerprint density at radius 1 is 1.35 bits per heavy atom. The molecule has 0 spiro atoms. The molecule has 100 valence electrons. The molecule has 3 heterocycles. The van der Waals surface area contributed by atoms with E-state index in [4.69, 9.17) is 4.74 Å². The minimum atomic E-state index is -0.706. The van der Waals surface area contributed by atoms with Gasteiger partial charge in [-0.25, -0.2) is 14.4 Å². The number of imidazole rings is 1. The fourth-order valence-corrected chi connectivity index (χ4v) is 1.82. The van der Waals surface area contributed by atoms with E-state index < -0.39 is 11.6 Å². The Labute approximate surface area is 113 Å². The van der Waals surface area contributed by atoms with Gasteiger partial charge in [0.25, 0.3) is 0 Å². The van der Waals surface area contributed by atoms with Crippen molar-refractivity contribution in [1.82, 2.24) is 14.4 Å². The maximum Gasteiger partial charge on any atom is 0.218 e. The first-order valence-corrected chi connectivity index (χ1v) is 5.78. The number of halogens is 1. The minimum absolute atomic E-state index is 0.404. The third-order valence-electron chi connectivity index (χ3n) is 2.76. The molecular weight excluding hydrogens is 261 g/mol. The lowest BCUT2D eigenvalue weighted by Gasteiger charge is -1.99. The van der Waals surface area contributed by atoms with Crippen LogP contribution in [0.1, 0.15) is 0 Å². The molecule has 3 aromatic rings. The van der Waals surface area contributed by atoms with E-state index in [1.54, 1.807) is 28.9 Å². The highest BCUT2D eigenvalue weighted by atomic mass is 19.1. The molecule has 5 nitrogen and oxygen atoms in total. The highest BCUT2D eigenvalue weighted by Gasteiger charge is 2.08. The number of aromatic nitrogens is 3. The van der Waals surface area contributed by atoms with Gasteiger partial charge in [-0.05, 0) is 6.07 Å². The van der Waals surface area contributed by atoms with Gasteiger partial charge in [0.05, 0.1) is 18.2 Å². The zero-order valence-electron chi connectivity index (χ0n) is 10.3. The van der Waals surface area contributed by atoms with E-state index >= 15 is 0 Å². The van der Waals surface area contributed by atoms with Crippen LogP contribution in [-0.4, -0.2) is 19.5 Å². The number of rotatable bonds is 3. The molecule has 0 radical (unpaired) electrons. The van der Waals surface area contributed by atoms with Crippen molar-refractivity contribution in [1.29, 1.82) is 0 Å². The number of hydrogen-bond acceptors (Lipinski definition) is 4. The monoisotopic (exact) mass is 271 g/mol. The van der Waals surface area contributed by atoms with E-state index in [2.05, 4.69) is 16.5 Å². The quantitative estimate of drug-likeness (QED) is 0.744. The Kier molecular flexibility index (Phi) is 2.83. The van der Waals surface area contributed by atoms with Gasteiger partial charge in [0.15, 0.2) is 11.6 Å². The van der Waals surface area contributed by atoms with Gasteiger partial charge in [0, 0.05) is 30.1 Å². The third kappa shape index (κ3) is 2.07. The molecule has 3 rings (SSSR count). The highest BCUT2D eigenvalue weighted by molar-refractivity contribution is 5.62. The molecule has 6 heteroatoms. The second-order valence-corrected chi connectivity index (χ2v) is 4.07. The Morgan fingerprint density at radius 2 is 2.20 bits per heavy atom. The van der Waals surface area contributed by atoms with Crippen LogP contribution in [0.25, 0.3) is 16.9 Å². The summed E-state index contributed by atoms with van der Waals surface area (Å²) in [7, 11) is 0. The Bertz CT molecular complexity index is 742. The molecule has 0 fully saturated rings. The van der Waals surface area contributed by atoms with Crippen molar-refractivity contribution in [3.05, 3.63) is 55.4 Å². The van der Waals surface area contributed by atoms with Crippen molar-refractivity contribution in [2.45, 2.75) is 0 Å². The predicted molar refractivity (Wildman–Crippen MR) is 70.9 cm³/mol. The number of hydrogen-bond donors (Lipinski definition) is 1. The fraction of sp³-hybridized carbons (Fsp3) is 0. The maximum absolute atomic E-state index is 13.3. The Morgan fingerprint density at radius 3 is 2.90 bits per heavy atom. The summed E-state index contributed by atoms with van der Waals surface area (Å²) in [5.41, 5.74) is 1.78. The van der Waals surface area contributed by atoms with E-state index in [0.29, 0.717) is 17.2 Å². The van der Waals surface area contributed by atoms with Gasteiger partial charge < -0.3 is 14.2 Å². The van der Waals surface area contributed by atoms with Crippen LogP contribution < -0.4 is 4.74 Å². The predicted octanol–water partition coefficient (Wildman–Crippen LogP) is 2.76. The lowest BCUT2D eigenvalue weighted by atomic mass is 10.2. The molecule has 0 unspecified atom stereocenters. The summed E-state index contributed by atoms with van der Waals surface area (Å²) in [4.78, 5) is 8.36. The van der Waals surface area contributed by atoms with Crippen molar-refractivity contribution in [2.75, 3.05) is 0 Å². The maximum atomic E-state index is 13.3. The first-order valence-electron chi connectivity index (χ1n) is 5.78. The van der Waals surface area contributed by atoms with E-state index in [1.807, 2.05) is 0 Å². The number of nitrogens with zero attached hydrogens (tertiary/aromatic N) is 3. The molecule has 0 bridgehead atoms. The van der Waals surface area contributed by atoms with E-state index in [-0.39, 0.29) is 0 Å². The molecule has 0 aliphatic heterocycles. The van der Waals surface area contributed by atoms with Crippen LogP contribution in [-0.2, 0) is 0 Å². The fourth-order valence-electron chi connectivity index (χ4n) is 1.82. The van der Waals surface area contributed by atoms with Gasteiger partial charge in [-0.3, -0.25) is 0 Å². The van der Waals surface area contributed by atoms with Crippen LogP contribution in [0, 0.1) is 5.82 Å². The number of fused-ring (bicyclic) bond motifs is 1. The van der Waals surface area contributed by atoms with Gasteiger partial charge in [-0.15, -0.1) is 0 Å². The number of pyridine rings is 2. The van der Waals surface area contributed by atoms with Crippen LogP contribution in [0.4, 0.5) is 4.39 Å². The van der Waals surface area contributed by atoms with Crippen LogP contribution in [0.3, 0.4) is 0 Å². The van der Waals surface area contributed by atoms with E-state index in [9.17, 15) is 9.50 Å². The summed E-state index contributed by atoms with van der Waals surface area (Å²) in [6.45, 7) is 3.44. The standard InChI is InChI=1S/C14H10FN3O2/c1-2-20-14-4-3-9(6-16-14)11-7-18-8-12(19)10(15)5-13(18)17-11/h2-8,19H,1H2. The third-order valence-corrected chi connectivity index (χ3v) is 2.76. The summed E-state index contributed by atoms with van der Waals surface area (Å²) >= 11 is 0. The first-order chi connectivity index (χ1) is 9.67.